The molecule has 1 rings (SSSR count). The zero-order chi connectivity index (χ0) is 17.2. The van der Waals surface area contributed by atoms with E-state index in [2.05, 4.69) is 32.2 Å². The van der Waals surface area contributed by atoms with Gasteiger partial charge in [0, 0.05) is 6.54 Å². The molecule has 0 bridgehead atoms. The number of hydrogen-bond acceptors (Lipinski definition) is 3. The van der Waals surface area contributed by atoms with Gasteiger partial charge in [-0.05, 0) is 57.7 Å². The average Bonchev–Trinajstić information content (AvgIpc) is 2.49. The minimum Gasteiger partial charge on any atom is -0.508 e. The standard InChI is InChI=1S/C19H28N2O2/c1-14(2)5-4-6-15(3)11-12-21-19(23)18(20)13-16-7-9-17(22)10-8-16/h5,7-11,18,22H,4,6,12-13,20H2,1-3H3,(H,21,23)/t18-/m0/s1. The minimum atomic E-state index is -0.584. The first-order valence-corrected chi connectivity index (χ1v) is 7.98. The number of phenols is 1. The molecule has 4 heteroatoms. The molecule has 0 heterocycles. The highest BCUT2D eigenvalue weighted by molar-refractivity contribution is 5.81. The lowest BCUT2D eigenvalue weighted by Crippen LogP contribution is -2.42. The summed E-state index contributed by atoms with van der Waals surface area (Å²) in [7, 11) is 0. The molecule has 0 unspecified atom stereocenters. The van der Waals surface area contributed by atoms with Crippen molar-refractivity contribution in [1.29, 1.82) is 0 Å². The highest BCUT2D eigenvalue weighted by Crippen LogP contribution is 2.11. The van der Waals surface area contributed by atoms with Crippen LogP contribution in [0.3, 0.4) is 0 Å². The molecule has 0 fully saturated rings. The first kappa shape index (κ1) is 19.0. The third-order valence-corrected chi connectivity index (χ3v) is 3.55. The lowest BCUT2D eigenvalue weighted by molar-refractivity contribution is -0.122. The van der Waals surface area contributed by atoms with Gasteiger partial charge in [0.25, 0.3) is 0 Å². The van der Waals surface area contributed by atoms with Gasteiger partial charge >= 0.3 is 0 Å². The van der Waals surface area contributed by atoms with Crippen LogP contribution in [-0.4, -0.2) is 23.6 Å². The van der Waals surface area contributed by atoms with Crippen molar-refractivity contribution in [3.8, 4) is 5.75 Å². The van der Waals surface area contributed by atoms with Crippen molar-refractivity contribution in [2.45, 2.75) is 46.1 Å². The molecule has 0 aromatic heterocycles. The van der Waals surface area contributed by atoms with E-state index in [1.807, 2.05) is 6.08 Å². The summed E-state index contributed by atoms with van der Waals surface area (Å²) in [6, 6.07) is 6.15. The van der Waals surface area contributed by atoms with E-state index in [9.17, 15) is 9.90 Å². The second-order valence-corrected chi connectivity index (χ2v) is 6.09. The topological polar surface area (TPSA) is 75.4 Å². The Morgan fingerprint density at radius 1 is 1.22 bits per heavy atom. The number of hydrogen-bond donors (Lipinski definition) is 3. The van der Waals surface area contributed by atoms with Crippen LogP contribution in [-0.2, 0) is 11.2 Å². The number of nitrogens with one attached hydrogen (secondary N) is 1. The Morgan fingerprint density at radius 3 is 2.48 bits per heavy atom. The number of carbonyl (C=O) groups is 1. The minimum absolute atomic E-state index is 0.161. The summed E-state index contributed by atoms with van der Waals surface area (Å²) in [5, 5.41) is 12.1. The van der Waals surface area contributed by atoms with Gasteiger partial charge in [0.05, 0.1) is 6.04 Å². The highest BCUT2D eigenvalue weighted by atomic mass is 16.3. The van der Waals surface area contributed by atoms with Crippen molar-refractivity contribution >= 4 is 5.91 Å². The monoisotopic (exact) mass is 316 g/mol. The molecule has 23 heavy (non-hydrogen) atoms. The maximum atomic E-state index is 12.0. The fourth-order valence-electron chi connectivity index (χ4n) is 2.13. The van der Waals surface area contributed by atoms with Crippen LogP contribution in [0.15, 0.2) is 47.6 Å². The van der Waals surface area contributed by atoms with Gasteiger partial charge in [-0.25, -0.2) is 0 Å². The molecule has 0 spiro atoms. The molecule has 0 aliphatic rings. The number of benzene rings is 1. The Labute approximate surface area is 139 Å². The Morgan fingerprint density at radius 2 is 1.87 bits per heavy atom. The molecule has 1 amide bonds. The number of phenolic OH excluding ortho intramolecular Hbond substituents is 1. The summed E-state index contributed by atoms with van der Waals surface area (Å²) in [5.74, 6) is 0.0481. The lowest BCUT2D eigenvalue weighted by Gasteiger charge is -2.11. The molecule has 126 valence electrons. The fourth-order valence-corrected chi connectivity index (χ4v) is 2.13. The summed E-state index contributed by atoms with van der Waals surface area (Å²) >= 11 is 0. The Balaban J connectivity index is 2.34. The van der Waals surface area contributed by atoms with Crippen molar-refractivity contribution in [3.63, 3.8) is 0 Å². The number of allylic oxidation sites excluding steroid dienone is 3. The molecule has 4 nitrogen and oxygen atoms in total. The SMILES string of the molecule is CC(C)=CCCC(C)=CCNC(=O)[C@@H](N)Cc1ccc(O)cc1. The van der Waals surface area contributed by atoms with E-state index >= 15 is 0 Å². The van der Waals surface area contributed by atoms with E-state index in [0.717, 1.165) is 18.4 Å². The summed E-state index contributed by atoms with van der Waals surface area (Å²) in [4.78, 5) is 12.0. The first-order chi connectivity index (χ1) is 10.9. The van der Waals surface area contributed by atoms with Gasteiger partial charge in [-0.15, -0.1) is 0 Å². The molecule has 0 saturated heterocycles. The molecular formula is C19H28N2O2. The van der Waals surface area contributed by atoms with Crippen molar-refractivity contribution in [3.05, 3.63) is 53.1 Å². The van der Waals surface area contributed by atoms with Crippen LogP contribution in [0.5, 0.6) is 5.75 Å². The second kappa shape index (κ2) is 9.85. The van der Waals surface area contributed by atoms with Crippen LogP contribution in [0.25, 0.3) is 0 Å². The summed E-state index contributed by atoms with van der Waals surface area (Å²) in [5.41, 5.74) is 9.43. The molecule has 1 atom stereocenters. The highest BCUT2D eigenvalue weighted by Gasteiger charge is 2.13. The van der Waals surface area contributed by atoms with Crippen molar-refractivity contribution in [2.75, 3.05) is 6.54 Å². The molecule has 0 radical (unpaired) electrons. The lowest BCUT2D eigenvalue weighted by atomic mass is 10.1. The van der Waals surface area contributed by atoms with Crippen LogP contribution in [0.4, 0.5) is 0 Å². The second-order valence-electron chi connectivity index (χ2n) is 6.09. The zero-order valence-electron chi connectivity index (χ0n) is 14.3. The van der Waals surface area contributed by atoms with Gasteiger partial charge in [0.2, 0.25) is 5.91 Å². The van der Waals surface area contributed by atoms with Crippen LogP contribution < -0.4 is 11.1 Å². The van der Waals surface area contributed by atoms with Crippen LogP contribution >= 0.6 is 0 Å². The first-order valence-electron chi connectivity index (χ1n) is 7.98. The fraction of sp³-hybridized carbons (Fsp3) is 0.421. The quantitative estimate of drug-likeness (QED) is 0.645. The number of aromatic hydroxyl groups is 1. The predicted molar refractivity (Wildman–Crippen MR) is 95.2 cm³/mol. The smallest absolute Gasteiger partial charge is 0.237 e. The van der Waals surface area contributed by atoms with E-state index in [-0.39, 0.29) is 11.7 Å². The van der Waals surface area contributed by atoms with Crippen LogP contribution in [0, 0.1) is 0 Å². The van der Waals surface area contributed by atoms with E-state index < -0.39 is 6.04 Å². The molecular weight excluding hydrogens is 288 g/mol. The average molecular weight is 316 g/mol. The van der Waals surface area contributed by atoms with Crippen molar-refractivity contribution < 1.29 is 9.90 Å². The van der Waals surface area contributed by atoms with Gasteiger partial charge in [-0.1, -0.05) is 35.4 Å². The predicted octanol–water partition coefficient (Wildman–Crippen LogP) is 3.07. The third kappa shape index (κ3) is 8.21. The third-order valence-electron chi connectivity index (χ3n) is 3.55. The molecule has 1 aromatic rings. The van der Waals surface area contributed by atoms with Gasteiger partial charge in [-0.3, -0.25) is 4.79 Å². The molecule has 4 N–H and O–H groups in total. The molecule has 0 saturated carbocycles. The summed E-state index contributed by atoms with van der Waals surface area (Å²) in [6.07, 6.45) is 6.72. The number of nitrogens with two attached hydrogens (primary N) is 1. The van der Waals surface area contributed by atoms with Crippen LogP contribution in [0.2, 0.25) is 0 Å². The Bertz CT molecular complexity index is 555. The van der Waals surface area contributed by atoms with Crippen molar-refractivity contribution in [2.24, 2.45) is 5.73 Å². The molecule has 0 aliphatic carbocycles. The van der Waals surface area contributed by atoms with E-state index in [4.69, 9.17) is 5.73 Å². The number of rotatable bonds is 8. The summed E-state index contributed by atoms with van der Waals surface area (Å²) < 4.78 is 0. The van der Waals surface area contributed by atoms with Gasteiger partial charge in [-0.2, -0.15) is 0 Å². The van der Waals surface area contributed by atoms with E-state index in [1.165, 1.54) is 11.1 Å². The number of carbonyl (C=O) groups excluding carboxylic acids is 1. The van der Waals surface area contributed by atoms with Gasteiger partial charge < -0.3 is 16.2 Å². The largest absolute Gasteiger partial charge is 0.508 e. The Hall–Kier alpha value is -2.07. The normalized spacial score (nSPS) is 12.6. The maximum Gasteiger partial charge on any atom is 0.237 e. The summed E-state index contributed by atoms with van der Waals surface area (Å²) in [6.45, 7) is 6.76. The van der Waals surface area contributed by atoms with Crippen LogP contribution in [0.1, 0.15) is 39.2 Å². The molecule has 0 aliphatic heterocycles. The van der Waals surface area contributed by atoms with Gasteiger partial charge in [0.1, 0.15) is 5.75 Å². The van der Waals surface area contributed by atoms with Crippen molar-refractivity contribution in [1.82, 2.24) is 5.32 Å². The van der Waals surface area contributed by atoms with Gasteiger partial charge in [0.15, 0.2) is 0 Å². The maximum absolute atomic E-state index is 12.0. The molecule has 1 aromatic carbocycles. The number of amides is 1. The zero-order valence-corrected chi connectivity index (χ0v) is 14.3. The van der Waals surface area contributed by atoms with E-state index in [1.54, 1.807) is 24.3 Å². The van der Waals surface area contributed by atoms with E-state index in [0.29, 0.717) is 13.0 Å². The Kier molecular flexibility index (Phi) is 8.13.